The summed E-state index contributed by atoms with van der Waals surface area (Å²) in [6.45, 7) is 6.45. The van der Waals surface area contributed by atoms with Gasteiger partial charge in [-0.15, -0.1) is 5.06 Å². The molecule has 2 aliphatic heterocycles. The Morgan fingerprint density at radius 1 is 1.23 bits per heavy atom. The molecule has 7 heteroatoms. The van der Waals surface area contributed by atoms with Gasteiger partial charge in [0.25, 0.3) is 0 Å². The predicted molar refractivity (Wildman–Crippen MR) is 96.1 cm³/mol. The number of carbonyl (C=O) groups excluding carboxylic acids is 2. The standard InChI is InChI=1S/C19H27N3O4/c1-18(2,3)25-17(24)26-22-11-9-19(10-12-22)20-15(16(23)21-19)13-14-7-5-4-6-8-14/h4-8,15,20H,9-13H2,1-3H3,(H,21,23). The van der Waals surface area contributed by atoms with Crippen LogP contribution < -0.4 is 10.6 Å². The molecule has 0 saturated carbocycles. The quantitative estimate of drug-likeness (QED) is 0.802. The van der Waals surface area contributed by atoms with Gasteiger partial charge in [0.15, 0.2) is 0 Å². The van der Waals surface area contributed by atoms with Gasteiger partial charge in [0.1, 0.15) is 5.60 Å². The Morgan fingerprint density at radius 2 is 1.88 bits per heavy atom. The number of piperidine rings is 1. The van der Waals surface area contributed by atoms with Crippen LogP contribution in [-0.4, -0.2) is 47.5 Å². The van der Waals surface area contributed by atoms with Crippen LogP contribution in [0.5, 0.6) is 0 Å². The molecular formula is C19H27N3O4. The molecule has 1 unspecified atom stereocenters. The number of rotatable bonds is 3. The van der Waals surface area contributed by atoms with Crippen LogP contribution >= 0.6 is 0 Å². The van der Waals surface area contributed by atoms with E-state index in [-0.39, 0.29) is 11.9 Å². The van der Waals surface area contributed by atoms with E-state index in [0.29, 0.717) is 32.4 Å². The van der Waals surface area contributed by atoms with Crippen LogP contribution in [0.4, 0.5) is 4.79 Å². The molecule has 1 aromatic carbocycles. The highest BCUT2D eigenvalue weighted by Crippen LogP contribution is 2.26. The zero-order valence-electron chi connectivity index (χ0n) is 15.6. The number of amides is 1. The molecule has 7 nitrogen and oxygen atoms in total. The first-order chi connectivity index (χ1) is 12.2. The Balaban J connectivity index is 1.51. The number of nitrogens with one attached hydrogen (secondary N) is 2. The van der Waals surface area contributed by atoms with Gasteiger partial charge in [-0.2, -0.15) is 0 Å². The van der Waals surface area contributed by atoms with E-state index in [1.807, 2.05) is 30.3 Å². The van der Waals surface area contributed by atoms with Gasteiger partial charge < -0.3 is 14.9 Å². The van der Waals surface area contributed by atoms with Gasteiger partial charge in [0.05, 0.1) is 11.7 Å². The number of benzene rings is 1. The highest BCUT2D eigenvalue weighted by atomic mass is 16.8. The summed E-state index contributed by atoms with van der Waals surface area (Å²) in [6, 6.07) is 9.73. The lowest BCUT2D eigenvalue weighted by Gasteiger charge is -2.38. The highest BCUT2D eigenvalue weighted by molar-refractivity contribution is 5.85. The maximum Gasteiger partial charge on any atom is 0.528 e. The Hall–Kier alpha value is -2.12. The predicted octanol–water partition coefficient (Wildman–Crippen LogP) is 1.98. The monoisotopic (exact) mass is 361 g/mol. The summed E-state index contributed by atoms with van der Waals surface area (Å²) in [7, 11) is 0. The number of nitrogens with zero attached hydrogens (tertiary/aromatic N) is 1. The van der Waals surface area contributed by atoms with Crippen molar-refractivity contribution in [3.05, 3.63) is 35.9 Å². The van der Waals surface area contributed by atoms with Gasteiger partial charge in [-0.05, 0) is 45.6 Å². The number of hydrogen-bond acceptors (Lipinski definition) is 6. The average Bonchev–Trinajstić information content (AvgIpc) is 2.85. The van der Waals surface area contributed by atoms with Crippen molar-refractivity contribution in [3.8, 4) is 0 Å². The van der Waals surface area contributed by atoms with Crippen LogP contribution in [0.2, 0.25) is 0 Å². The fourth-order valence-electron chi connectivity index (χ4n) is 3.35. The van der Waals surface area contributed by atoms with Crippen LogP contribution in [0.25, 0.3) is 0 Å². The van der Waals surface area contributed by atoms with Crippen molar-refractivity contribution < 1.29 is 19.2 Å². The molecule has 0 bridgehead atoms. The Kier molecular flexibility index (Phi) is 5.20. The van der Waals surface area contributed by atoms with Crippen molar-refractivity contribution in [1.29, 1.82) is 0 Å². The van der Waals surface area contributed by atoms with Crippen molar-refractivity contribution in [3.63, 3.8) is 0 Å². The molecule has 1 spiro atoms. The van der Waals surface area contributed by atoms with Crippen molar-refractivity contribution in [2.45, 2.75) is 57.3 Å². The topological polar surface area (TPSA) is 79.9 Å². The molecule has 142 valence electrons. The number of ether oxygens (including phenoxy) is 1. The molecule has 2 N–H and O–H groups in total. The summed E-state index contributed by atoms with van der Waals surface area (Å²) < 4.78 is 5.17. The van der Waals surface area contributed by atoms with Crippen LogP contribution in [0, 0.1) is 0 Å². The summed E-state index contributed by atoms with van der Waals surface area (Å²) in [5.41, 5.74) is 0.118. The molecule has 2 heterocycles. The lowest BCUT2D eigenvalue weighted by molar-refractivity contribution is -0.160. The Labute approximate surface area is 154 Å². The van der Waals surface area contributed by atoms with Gasteiger partial charge in [-0.3, -0.25) is 10.1 Å². The van der Waals surface area contributed by atoms with E-state index >= 15 is 0 Å². The van der Waals surface area contributed by atoms with Crippen LogP contribution in [0.15, 0.2) is 30.3 Å². The van der Waals surface area contributed by atoms with Crippen molar-refractivity contribution in [2.24, 2.45) is 0 Å². The number of carbonyl (C=O) groups is 2. The first-order valence-electron chi connectivity index (χ1n) is 9.04. The first kappa shape index (κ1) is 18.7. The molecule has 2 saturated heterocycles. The number of hydrogen-bond donors (Lipinski definition) is 2. The third-order valence-electron chi connectivity index (χ3n) is 4.58. The second-order valence-electron chi connectivity index (χ2n) is 7.94. The van der Waals surface area contributed by atoms with E-state index in [9.17, 15) is 9.59 Å². The minimum absolute atomic E-state index is 0.0235. The van der Waals surface area contributed by atoms with Gasteiger partial charge in [-0.1, -0.05) is 30.3 Å². The van der Waals surface area contributed by atoms with E-state index in [1.54, 1.807) is 25.8 Å². The van der Waals surface area contributed by atoms with E-state index in [4.69, 9.17) is 9.57 Å². The molecule has 1 amide bonds. The Morgan fingerprint density at radius 3 is 2.50 bits per heavy atom. The fourth-order valence-corrected chi connectivity index (χ4v) is 3.35. The van der Waals surface area contributed by atoms with Crippen LogP contribution in [0.1, 0.15) is 39.2 Å². The summed E-state index contributed by atoms with van der Waals surface area (Å²) in [5.74, 6) is 0.0235. The molecule has 1 aromatic rings. The largest absolute Gasteiger partial charge is 0.528 e. The zero-order chi connectivity index (χ0) is 18.8. The Bertz CT molecular complexity index is 648. The molecule has 0 radical (unpaired) electrons. The second kappa shape index (κ2) is 7.25. The van der Waals surface area contributed by atoms with Gasteiger partial charge in [0.2, 0.25) is 5.91 Å². The molecule has 3 rings (SSSR count). The minimum atomic E-state index is -0.696. The third-order valence-corrected chi connectivity index (χ3v) is 4.58. The second-order valence-corrected chi connectivity index (χ2v) is 7.94. The van der Waals surface area contributed by atoms with Crippen molar-refractivity contribution in [2.75, 3.05) is 13.1 Å². The molecule has 0 aromatic heterocycles. The zero-order valence-corrected chi connectivity index (χ0v) is 15.6. The molecular weight excluding hydrogens is 334 g/mol. The molecule has 2 fully saturated rings. The normalized spacial score (nSPS) is 22.9. The summed E-state index contributed by atoms with van der Waals surface area (Å²) in [6.07, 6.45) is 1.28. The fraction of sp³-hybridized carbons (Fsp3) is 0.579. The summed E-state index contributed by atoms with van der Waals surface area (Å²) in [4.78, 5) is 29.4. The van der Waals surface area contributed by atoms with Crippen molar-refractivity contribution in [1.82, 2.24) is 15.7 Å². The van der Waals surface area contributed by atoms with Crippen LogP contribution in [0.3, 0.4) is 0 Å². The summed E-state index contributed by atoms with van der Waals surface area (Å²) >= 11 is 0. The molecule has 0 aliphatic carbocycles. The lowest BCUT2D eigenvalue weighted by atomic mass is 9.98. The number of hydroxylamine groups is 2. The third kappa shape index (κ3) is 4.74. The lowest BCUT2D eigenvalue weighted by Crippen LogP contribution is -2.57. The van der Waals surface area contributed by atoms with Gasteiger partial charge in [0, 0.05) is 13.1 Å². The average molecular weight is 361 g/mol. The van der Waals surface area contributed by atoms with E-state index in [1.165, 1.54) is 0 Å². The maximum atomic E-state index is 12.4. The van der Waals surface area contributed by atoms with Gasteiger partial charge >= 0.3 is 6.16 Å². The van der Waals surface area contributed by atoms with Crippen LogP contribution in [-0.2, 0) is 20.8 Å². The molecule has 2 aliphatic rings. The highest BCUT2D eigenvalue weighted by Gasteiger charge is 2.45. The van der Waals surface area contributed by atoms with E-state index in [0.717, 1.165) is 5.56 Å². The van der Waals surface area contributed by atoms with E-state index in [2.05, 4.69) is 10.6 Å². The molecule has 26 heavy (non-hydrogen) atoms. The first-order valence-corrected chi connectivity index (χ1v) is 9.04. The van der Waals surface area contributed by atoms with E-state index < -0.39 is 17.4 Å². The molecule has 1 atom stereocenters. The summed E-state index contributed by atoms with van der Waals surface area (Å²) in [5, 5.41) is 8.16. The maximum absolute atomic E-state index is 12.4. The minimum Gasteiger partial charge on any atom is -0.427 e. The SMILES string of the molecule is CC(C)(C)OC(=O)ON1CCC2(CC1)NC(=O)C(Cc1ccccc1)N2. The van der Waals surface area contributed by atoms with Gasteiger partial charge in [-0.25, -0.2) is 4.79 Å². The smallest absolute Gasteiger partial charge is 0.427 e. The van der Waals surface area contributed by atoms with Crippen molar-refractivity contribution >= 4 is 12.1 Å².